The molecule has 4 nitrogen and oxygen atoms in total. The summed E-state index contributed by atoms with van der Waals surface area (Å²) in [5, 5.41) is 3.18. The molecule has 0 bridgehead atoms. The summed E-state index contributed by atoms with van der Waals surface area (Å²) in [7, 11) is 2.08. The van der Waals surface area contributed by atoms with Gasteiger partial charge in [-0.15, -0.1) is 0 Å². The van der Waals surface area contributed by atoms with Crippen molar-refractivity contribution in [1.29, 1.82) is 0 Å². The van der Waals surface area contributed by atoms with Crippen molar-refractivity contribution in [3.05, 3.63) is 12.4 Å². The van der Waals surface area contributed by atoms with E-state index in [2.05, 4.69) is 54.9 Å². The smallest absolute Gasteiger partial charge is 0.149 e. The third-order valence-corrected chi connectivity index (χ3v) is 2.81. The molecule has 1 aromatic heterocycles. The van der Waals surface area contributed by atoms with E-state index in [0.717, 1.165) is 24.6 Å². The molecule has 1 rings (SSSR count). The number of nitrogens with zero attached hydrogens (tertiary/aromatic N) is 3. The SMILES string of the molecule is CCNc1cncc(N(C)C(C)CC(C)C)n1. The van der Waals surface area contributed by atoms with Crippen molar-refractivity contribution in [2.75, 3.05) is 23.8 Å². The molecule has 0 amide bonds. The first-order valence-electron chi connectivity index (χ1n) is 6.33. The van der Waals surface area contributed by atoms with E-state index in [1.165, 1.54) is 0 Å². The molecule has 0 aliphatic carbocycles. The van der Waals surface area contributed by atoms with Gasteiger partial charge >= 0.3 is 0 Å². The minimum absolute atomic E-state index is 0.473. The van der Waals surface area contributed by atoms with Crippen LogP contribution in [0.15, 0.2) is 12.4 Å². The Kier molecular flexibility index (Phi) is 5.19. The van der Waals surface area contributed by atoms with Gasteiger partial charge in [-0.05, 0) is 26.2 Å². The monoisotopic (exact) mass is 236 g/mol. The number of hydrogen-bond donors (Lipinski definition) is 1. The number of anilines is 2. The highest BCUT2D eigenvalue weighted by atomic mass is 15.2. The molecule has 0 spiro atoms. The maximum atomic E-state index is 4.54. The molecule has 0 aromatic carbocycles. The van der Waals surface area contributed by atoms with E-state index < -0.39 is 0 Å². The van der Waals surface area contributed by atoms with Gasteiger partial charge in [0.2, 0.25) is 0 Å². The van der Waals surface area contributed by atoms with E-state index in [1.54, 1.807) is 6.20 Å². The van der Waals surface area contributed by atoms with Crippen LogP contribution >= 0.6 is 0 Å². The molecule has 0 radical (unpaired) electrons. The lowest BCUT2D eigenvalue weighted by atomic mass is 10.0. The highest BCUT2D eigenvalue weighted by Gasteiger charge is 2.13. The summed E-state index contributed by atoms with van der Waals surface area (Å²) in [6.45, 7) is 9.63. The van der Waals surface area contributed by atoms with Gasteiger partial charge in [-0.3, -0.25) is 4.98 Å². The van der Waals surface area contributed by atoms with Crippen molar-refractivity contribution in [1.82, 2.24) is 9.97 Å². The Hall–Kier alpha value is -1.32. The van der Waals surface area contributed by atoms with Crippen molar-refractivity contribution in [3.63, 3.8) is 0 Å². The molecule has 4 heteroatoms. The van der Waals surface area contributed by atoms with Crippen LogP contribution < -0.4 is 10.2 Å². The third-order valence-electron chi connectivity index (χ3n) is 2.81. The van der Waals surface area contributed by atoms with Crippen molar-refractivity contribution in [2.45, 2.75) is 40.2 Å². The van der Waals surface area contributed by atoms with Crippen LogP contribution in [0.5, 0.6) is 0 Å². The summed E-state index contributed by atoms with van der Waals surface area (Å²) in [6.07, 6.45) is 4.73. The quantitative estimate of drug-likeness (QED) is 0.824. The molecule has 0 aliphatic rings. The minimum Gasteiger partial charge on any atom is -0.369 e. The fourth-order valence-electron chi connectivity index (χ4n) is 1.86. The predicted octanol–water partition coefficient (Wildman–Crippen LogP) is 2.78. The highest BCUT2D eigenvalue weighted by molar-refractivity contribution is 5.43. The fourth-order valence-corrected chi connectivity index (χ4v) is 1.86. The summed E-state index contributed by atoms with van der Waals surface area (Å²) in [5.41, 5.74) is 0. The van der Waals surface area contributed by atoms with Crippen LogP contribution in [0.3, 0.4) is 0 Å². The van der Waals surface area contributed by atoms with Gasteiger partial charge in [0.25, 0.3) is 0 Å². The van der Waals surface area contributed by atoms with Crippen molar-refractivity contribution in [2.24, 2.45) is 5.92 Å². The molecule has 17 heavy (non-hydrogen) atoms. The van der Waals surface area contributed by atoms with Gasteiger partial charge < -0.3 is 10.2 Å². The van der Waals surface area contributed by atoms with Gasteiger partial charge in [0.05, 0.1) is 12.4 Å². The van der Waals surface area contributed by atoms with Crippen LogP contribution in [-0.2, 0) is 0 Å². The highest BCUT2D eigenvalue weighted by Crippen LogP contribution is 2.17. The second-order valence-corrected chi connectivity index (χ2v) is 4.88. The summed E-state index contributed by atoms with van der Waals surface area (Å²) < 4.78 is 0. The van der Waals surface area contributed by atoms with Gasteiger partial charge in [-0.1, -0.05) is 13.8 Å². The summed E-state index contributed by atoms with van der Waals surface area (Å²) in [4.78, 5) is 11.0. The fraction of sp³-hybridized carbons (Fsp3) is 0.692. The Morgan fingerprint density at radius 1 is 1.29 bits per heavy atom. The van der Waals surface area contributed by atoms with E-state index in [9.17, 15) is 0 Å². The van der Waals surface area contributed by atoms with E-state index in [4.69, 9.17) is 0 Å². The maximum absolute atomic E-state index is 4.54. The molecule has 0 aliphatic heterocycles. The number of aromatic nitrogens is 2. The summed E-state index contributed by atoms with van der Waals surface area (Å²) in [5.74, 6) is 2.46. The third kappa shape index (κ3) is 4.21. The van der Waals surface area contributed by atoms with Crippen molar-refractivity contribution >= 4 is 11.6 Å². The normalized spacial score (nSPS) is 12.6. The molecule has 1 atom stereocenters. The first kappa shape index (κ1) is 13.7. The zero-order chi connectivity index (χ0) is 12.8. The van der Waals surface area contributed by atoms with Crippen LogP contribution in [0.2, 0.25) is 0 Å². The topological polar surface area (TPSA) is 41.1 Å². The second kappa shape index (κ2) is 6.42. The summed E-state index contributed by atoms with van der Waals surface area (Å²) >= 11 is 0. The first-order valence-corrected chi connectivity index (χ1v) is 6.33. The van der Waals surface area contributed by atoms with Gasteiger partial charge in [-0.2, -0.15) is 0 Å². The lowest BCUT2D eigenvalue weighted by molar-refractivity contribution is 0.502. The number of hydrogen-bond acceptors (Lipinski definition) is 4. The molecule has 0 saturated heterocycles. The predicted molar refractivity (Wildman–Crippen MR) is 73.5 cm³/mol. The van der Waals surface area contributed by atoms with Crippen molar-refractivity contribution < 1.29 is 0 Å². The molecule has 0 saturated carbocycles. The Morgan fingerprint density at radius 3 is 2.59 bits per heavy atom. The Labute approximate surface area is 104 Å². The van der Waals surface area contributed by atoms with Crippen LogP contribution in [0.25, 0.3) is 0 Å². The van der Waals surface area contributed by atoms with Crippen molar-refractivity contribution in [3.8, 4) is 0 Å². The Morgan fingerprint density at radius 2 is 2.00 bits per heavy atom. The molecule has 0 fully saturated rings. The molecule has 1 aromatic rings. The van der Waals surface area contributed by atoms with Crippen LogP contribution in [0.1, 0.15) is 34.1 Å². The van der Waals surface area contributed by atoms with Crippen LogP contribution in [-0.4, -0.2) is 29.6 Å². The largest absolute Gasteiger partial charge is 0.369 e. The minimum atomic E-state index is 0.473. The van der Waals surface area contributed by atoms with E-state index in [1.807, 2.05) is 6.20 Å². The van der Waals surface area contributed by atoms with Crippen LogP contribution in [0, 0.1) is 5.92 Å². The second-order valence-electron chi connectivity index (χ2n) is 4.88. The van der Waals surface area contributed by atoms with Gasteiger partial charge in [0, 0.05) is 19.6 Å². The zero-order valence-corrected chi connectivity index (χ0v) is 11.6. The zero-order valence-electron chi connectivity index (χ0n) is 11.6. The van der Waals surface area contributed by atoms with E-state index in [0.29, 0.717) is 12.0 Å². The molecule has 96 valence electrons. The first-order chi connectivity index (χ1) is 8.04. The maximum Gasteiger partial charge on any atom is 0.149 e. The van der Waals surface area contributed by atoms with E-state index >= 15 is 0 Å². The van der Waals surface area contributed by atoms with Gasteiger partial charge in [-0.25, -0.2) is 4.98 Å². The Balaban J connectivity index is 2.73. The number of rotatable bonds is 6. The Bertz CT molecular complexity index is 338. The molecule has 1 unspecified atom stereocenters. The lowest BCUT2D eigenvalue weighted by Crippen LogP contribution is -2.31. The molecular formula is C13H24N4. The average Bonchev–Trinajstić information content (AvgIpc) is 2.28. The van der Waals surface area contributed by atoms with Crippen LogP contribution in [0.4, 0.5) is 11.6 Å². The number of nitrogens with one attached hydrogen (secondary N) is 1. The lowest BCUT2D eigenvalue weighted by Gasteiger charge is -2.27. The van der Waals surface area contributed by atoms with Gasteiger partial charge in [0.1, 0.15) is 11.6 Å². The average molecular weight is 236 g/mol. The van der Waals surface area contributed by atoms with E-state index in [-0.39, 0.29) is 0 Å². The standard InChI is InChI=1S/C13H24N4/c1-6-15-12-8-14-9-13(16-12)17(5)11(4)7-10(2)3/h8-11H,6-7H2,1-5H3,(H,15,16). The molecule has 1 N–H and O–H groups in total. The summed E-state index contributed by atoms with van der Waals surface area (Å²) in [6, 6.07) is 0.473. The van der Waals surface area contributed by atoms with Gasteiger partial charge in [0.15, 0.2) is 0 Å². The molecule has 1 heterocycles. The molecular weight excluding hydrogens is 212 g/mol.